The van der Waals surface area contributed by atoms with E-state index in [1.807, 2.05) is 23.1 Å². The van der Waals surface area contributed by atoms with Crippen molar-refractivity contribution in [2.75, 3.05) is 12.3 Å². The quantitative estimate of drug-likeness (QED) is 0.640. The average molecular weight is 370 g/mol. The van der Waals surface area contributed by atoms with Crippen LogP contribution in [0.3, 0.4) is 0 Å². The summed E-state index contributed by atoms with van der Waals surface area (Å²) in [6.45, 7) is 3.31. The molecule has 0 spiro atoms. The van der Waals surface area contributed by atoms with Gasteiger partial charge >= 0.3 is 0 Å². The highest BCUT2D eigenvalue weighted by atomic mass is 79.9. The topological polar surface area (TPSA) is 12.0 Å². The molecule has 1 aromatic carbocycles. The maximum atomic E-state index is 3.67. The average Bonchev–Trinajstić information content (AvgIpc) is 2.88. The summed E-state index contributed by atoms with van der Waals surface area (Å²) in [6.07, 6.45) is 2.29. The molecule has 0 amide bonds. The highest BCUT2D eigenvalue weighted by Crippen LogP contribution is 2.25. The van der Waals surface area contributed by atoms with Gasteiger partial charge in [0.25, 0.3) is 0 Å². The number of nitrogens with one attached hydrogen (secondary N) is 1. The number of thiophene rings is 1. The van der Waals surface area contributed by atoms with Crippen molar-refractivity contribution in [1.29, 1.82) is 0 Å². The SMILES string of the molecule is CCCNC(CSc1ccccc1)Cc1ccc(Br)s1. The fraction of sp³-hybridized carbons (Fsp3) is 0.375. The minimum atomic E-state index is 0.533. The summed E-state index contributed by atoms with van der Waals surface area (Å²) in [4.78, 5) is 2.79. The molecule has 108 valence electrons. The van der Waals surface area contributed by atoms with Crippen LogP contribution in [0.25, 0.3) is 0 Å². The second-order valence-corrected chi connectivity index (χ2v) is 8.33. The van der Waals surface area contributed by atoms with E-state index >= 15 is 0 Å². The van der Waals surface area contributed by atoms with E-state index in [4.69, 9.17) is 0 Å². The van der Waals surface area contributed by atoms with Gasteiger partial charge in [-0.3, -0.25) is 0 Å². The van der Waals surface area contributed by atoms with Gasteiger partial charge in [0.15, 0.2) is 0 Å². The lowest BCUT2D eigenvalue weighted by molar-refractivity contribution is 0.553. The molecule has 0 aliphatic heterocycles. The van der Waals surface area contributed by atoms with Crippen LogP contribution in [-0.4, -0.2) is 18.3 Å². The lowest BCUT2D eigenvalue weighted by Gasteiger charge is -2.17. The summed E-state index contributed by atoms with van der Waals surface area (Å²) in [6, 6.07) is 15.5. The smallest absolute Gasteiger partial charge is 0.0701 e. The molecule has 2 rings (SSSR count). The third-order valence-electron chi connectivity index (χ3n) is 2.95. The zero-order chi connectivity index (χ0) is 14.2. The van der Waals surface area contributed by atoms with Crippen LogP contribution in [-0.2, 0) is 6.42 Å². The molecule has 0 fully saturated rings. The Labute approximate surface area is 138 Å². The largest absolute Gasteiger partial charge is 0.313 e. The van der Waals surface area contributed by atoms with E-state index in [2.05, 4.69) is 70.6 Å². The molecule has 1 nitrogen and oxygen atoms in total. The maximum Gasteiger partial charge on any atom is 0.0701 e. The molecule has 1 unspecified atom stereocenters. The van der Waals surface area contributed by atoms with Crippen molar-refractivity contribution in [2.24, 2.45) is 0 Å². The van der Waals surface area contributed by atoms with Gasteiger partial charge in [-0.05, 0) is 59.6 Å². The fourth-order valence-corrected chi connectivity index (χ4v) is 4.50. The molecule has 20 heavy (non-hydrogen) atoms. The van der Waals surface area contributed by atoms with Crippen LogP contribution in [0.4, 0.5) is 0 Å². The summed E-state index contributed by atoms with van der Waals surface area (Å²) < 4.78 is 1.22. The van der Waals surface area contributed by atoms with Crippen molar-refractivity contribution in [2.45, 2.75) is 30.7 Å². The minimum Gasteiger partial charge on any atom is -0.313 e. The van der Waals surface area contributed by atoms with Gasteiger partial charge in [-0.15, -0.1) is 23.1 Å². The summed E-state index contributed by atoms with van der Waals surface area (Å²) in [5, 5.41) is 3.67. The molecule has 0 aliphatic rings. The Balaban J connectivity index is 1.89. The molecular weight excluding hydrogens is 350 g/mol. The molecule has 4 heteroatoms. The van der Waals surface area contributed by atoms with Gasteiger partial charge in [-0.25, -0.2) is 0 Å². The number of rotatable bonds is 8. The molecule has 1 atom stereocenters. The van der Waals surface area contributed by atoms with Crippen LogP contribution in [0.5, 0.6) is 0 Å². The second-order valence-electron chi connectivity index (χ2n) is 4.69. The van der Waals surface area contributed by atoms with Crippen molar-refractivity contribution in [1.82, 2.24) is 5.32 Å². The predicted octanol–water partition coefficient (Wildman–Crippen LogP) is 5.21. The molecule has 0 saturated carbocycles. The molecular formula is C16H20BrNS2. The fourth-order valence-electron chi connectivity index (χ4n) is 1.96. The van der Waals surface area contributed by atoms with Gasteiger partial charge in [0, 0.05) is 21.6 Å². The molecule has 1 aromatic heterocycles. The third-order valence-corrected chi connectivity index (χ3v) is 5.77. The number of halogens is 1. The molecule has 1 N–H and O–H groups in total. The number of hydrogen-bond donors (Lipinski definition) is 1. The number of thioether (sulfide) groups is 1. The first kappa shape index (κ1) is 16.1. The predicted molar refractivity (Wildman–Crippen MR) is 95.0 cm³/mol. The maximum absolute atomic E-state index is 3.67. The van der Waals surface area contributed by atoms with Crippen LogP contribution in [0.15, 0.2) is 51.1 Å². The molecule has 0 bridgehead atoms. The summed E-state index contributed by atoms with van der Waals surface area (Å²) in [7, 11) is 0. The Morgan fingerprint density at radius 1 is 1.20 bits per heavy atom. The summed E-state index contributed by atoms with van der Waals surface area (Å²) in [5.74, 6) is 1.11. The Morgan fingerprint density at radius 3 is 2.65 bits per heavy atom. The van der Waals surface area contributed by atoms with Crippen molar-refractivity contribution < 1.29 is 0 Å². The normalized spacial score (nSPS) is 12.5. The summed E-state index contributed by atoms with van der Waals surface area (Å²) >= 11 is 7.32. The first-order chi connectivity index (χ1) is 9.78. The Bertz CT molecular complexity index is 498. The van der Waals surface area contributed by atoms with Gasteiger partial charge in [-0.1, -0.05) is 25.1 Å². The van der Waals surface area contributed by atoms with E-state index < -0.39 is 0 Å². The molecule has 2 aromatic rings. The lowest BCUT2D eigenvalue weighted by atomic mass is 10.2. The first-order valence-corrected chi connectivity index (χ1v) is 9.53. The Kier molecular flexibility index (Phi) is 7.14. The lowest BCUT2D eigenvalue weighted by Crippen LogP contribution is -2.33. The molecule has 0 saturated heterocycles. The van der Waals surface area contributed by atoms with Gasteiger partial charge in [0.2, 0.25) is 0 Å². The monoisotopic (exact) mass is 369 g/mol. The van der Waals surface area contributed by atoms with E-state index in [1.165, 1.54) is 20.0 Å². The zero-order valence-corrected chi connectivity index (χ0v) is 14.9. The van der Waals surface area contributed by atoms with Gasteiger partial charge in [-0.2, -0.15) is 0 Å². The molecule has 0 aliphatic carbocycles. The van der Waals surface area contributed by atoms with Gasteiger partial charge in [0.1, 0.15) is 0 Å². The van der Waals surface area contributed by atoms with E-state index in [1.54, 1.807) is 0 Å². The van der Waals surface area contributed by atoms with E-state index in [0.717, 1.165) is 18.7 Å². The van der Waals surface area contributed by atoms with Crippen LogP contribution < -0.4 is 5.32 Å². The minimum absolute atomic E-state index is 0.533. The van der Waals surface area contributed by atoms with Crippen molar-refractivity contribution in [3.63, 3.8) is 0 Å². The van der Waals surface area contributed by atoms with Crippen molar-refractivity contribution in [3.8, 4) is 0 Å². The van der Waals surface area contributed by atoms with Crippen LogP contribution >= 0.6 is 39.0 Å². The first-order valence-electron chi connectivity index (χ1n) is 6.93. The Morgan fingerprint density at radius 2 is 2.00 bits per heavy atom. The second kappa shape index (κ2) is 8.88. The highest BCUT2D eigenvalue weighted by Gasteiger charge is 2.11. The van der Waals surface area contributed by atoms with Gasteiger partial charge in [0.05, 0.1) is 3.79 Å². The van der Waals surface area contributed by atoms with E-state index in [-0.39, 0.29) is 0 Å². The molecule has 1 heterocycles. The Hall–Kier alpha value is -0.290. The van der Waals surface area contributed by atoms with Crippen LogP contribution in [0, 0.1) is 0 Å². The summed E-state index contributed by atoms with van der Waals surface area (Å²) in [5.41, 5.74) is 0. The van der Waals surface area contributed by atoms with Crippen LogP contribution in [0.1, 0.15) is 18.2 Å². The highest BCUT2D eigenvalue weighted by molar-refractivity contribution is 9.11. The standard InChI is InChI=1S/C16H20BrNS2/c1-2-10-18-13(11-15-8-9-16(17)20-15)12-19-14-6-4-3-5-7-14/h3-9,13,18H,2,10-12H2,1H3. The zero-order valence-electron chi connectivity index (χ0n) is 11.6. The van der Waals surface area contributed by atoms with Crippen LogP contribution in [0.2, 0.25) is 0 Å². The third kappa shape index (κ3) is 5.60. The van der Waals surface area contributed by atoms with E-state index in [0.29, 0.717) is 6.04 Å². The van der Waals surface area contributed by atoms with Crippen molar-refractivity contribution in [3.05, 3.63) is 51.1 Å². The number of benzene rings is 1. The van der Waals surface area contributed by atoms with E-state index in [9.17, 15) is 0 Å². The molecule has 0 radical (unpaired) electrons. The number of hydrogen-bond acceptors (Lipinski definition) is 3. The van der Waals surface area contributed by atoms with Crippen molar-refractivity contribution >= 4 is 39.0 Å². The van der Waals surface area contributed by atoms with Gasteiger partial charge < -0.3 is 5.32 Å².